The molecule has 1 aromatic heterocycles. The highest BCUT2D eigenvalue weighted by atomic mass is 16.5. The van der Waals surface area contributed by atoms with Crippen molar-refractivity contribution in [1.82, 2.24) is 5.16 Å². The largest absolute Gasteiger partial charge is 0.465 e. The highest BCUT2D eigenvalue weighted by Gasteiger charge is 2.22. The lowest BCUT2D eigenvalue weighted by Crippen LogP contribution is -2.23. The van der Waals surface area contributed by atoms with E-state index in [1.54, 1.807) is 13.8 Å². The molecule has 1 N–H and O–H groups in total. The van der Waals surface area contributed by atoms with Gasteiger partial charge in [-0.15, -0.1) is 0 Å². The molecule has 0 unspecified atom stereocenters. The van der Waals surface area contributed by atoms with Gasteiger partial charge in [0.15, 0.2) is 6.61 Å². The molecule has 0 saturated heterocycles. The first-order chi connectivity index (χ1) is 13.8. The number of carbonyl (C=O) groups is 4. The molecule has 0 fully saturated rings. The molecule has 2 aromatic rings. The number of rotatable bonds is 7. The van der Waals surface area contributed by atoms with Gasteiger partial charge in [0, 0.05) is 0 Å². The number of hydrogen-bond acceptors (Lipinski definition) is 9. The number of hydrogen-bond donors (Lipinski definition) is 1. The van der Waals surface area contributed by atoms with E-state index in [9.17, 15) is 19.2 Å². The van der Waals surface area contributed by atoms with E-state index in [0.717, 1.165) is 0 Å². The van der Waals surface area contributed by atoms with Gasteiger partial charge >= 0.3 is 17.9 Å². The molecule has 0 aliphatic carbocycles. The molecule has 1 amide bonds. The molecule has 0 spiro atoms. The van der Waals surface area contributed by atoms with E-state index in [0.29, 0.717) is 12.1 Å². The van der Waals surface area contributed by atoms with Crippen molar-refractivity contribution in [2.45, 2.75) is 20.3 Å². The number of anilines is 1. The number of benzene rings is 1. The maximum Gasteiger partial charge on any atom is 0.344 e. The zero-order valence-corrected chi connectivity index (χ0v) is 16.4. The first kappa shape index (κ1) is 21.6. The SMILES string of the molecule is CCc1noc(C)c1C(=O)OCC(=O)Nc1cc(C(=O)OC)ccc1C(=O)OC. The van der Waals surface area contributed by atoms with Gasteiger partial charge < -0.3 is 24.1 Å². The smallest absolute Gasteiger partial charge is 0.344 e. The van der Waals surface area contributed by atoms with Crippen LogP contribution in [0.2, 0.25) is 0 Å². The van der Waals surface area contributed by atoms with Crippen LogP contribution < -0.4 is 5.32 Å². The fourth-order valence-corrected chi connectivity index (χ4v) is 2.49. The van der Waals surface area contributed by atoms with Crippen molar-refractivity contribution in [3.8, 4) is 0 Å². The lowest BCUT2D eigenvalue weighted by atomic mass is 10.1. The maximum absolute atomic E-state index is 12.2. The first-order valence-electron chi connectivity index (χ1n) is 8.55. The van der Waals surface area contributed by atoms with Crippen LogP contribution in [-0.4, -0.2) is 49.8 Å². The number of amides is 1. The van der Waals surface area contributed by atoms with E-state index in [1.165, 1.54) is 32.4 Å². The average molecular weight is 404 g/mol. The summed E-state index contributed by atoms with van der Waals surface area (Å²) in [5.74, 6) is -2.57. The molecule has 0 aliphatic heterocycles. The summed E-state index contributed by atoms with van der Waals surface area (Å²) in [5.41, 5.74) is 0.731. The Kier molecular flexibility index (Phi) is 7.07. The fraction of sp³-hybridized carbons (Fsp3) is 0.316. The Morgan fingerprint density at radius 1 is 1.07 bits per heavy atom. The Balaban J connectivity index is 2.14. The Labute approximate surface area is 166 Å². The molecule has 10 heteroatoms. The quantitative estimate of drug-likeness (QED) is 0.542. The van der Waals surface area contributed by atoms with E-state index in [2.05, 4.69) is 19.9 Å². The maximum atomic E-state index is 12.2. The molecule has 0 aliphatic rings. The summed E-state index contributed by atoms with van der Waals surface area (Å²) in [6.07, 6.45) is 0.455. The van der Waals surface area contributed by atoms with Gasteiger partial charge in [0.05, 0.1) is 36.7 Å². The molecule has 1 aromatic carbocycles. The van der Waals surface area contributed by atoms with Crippen molar-refractivity contribution in [3.05, 3.63) is 46.3 Å². The minimum absolute atomic E-state index is 0.0104. The second-order valence-electron chi connectivity index (χ2n) is 5.78. The summed E-state index contributed by atoms with van der Waals surface area (Å²) in [6, 6.07) is 3.93. The molecular weight excluding hydrogens is 384 g/mol. The minimum Gasteiger partial charge on any atom is -0.465 e. The van der Waals surface area contributed by atoms with Gasteiger partial charge in [0.1, 0.15) is 11.3 Å². The molecule has 0 radical (unpaired) electrons. The van der Waals surface area contributed by atoms with Crippen molar-refractivity contribution < 1.29 is 37.9 Å². The predicted molar refractivity (Wildman–Crippen MR) is 98.7 cm³/mol. The third-order valence-electron chi connectivity index (χ3n) is 3.93. The molecule has 1 heterocycles. The highest BCUT2D eigenvalue weighted by molar-refractivity contribution is 6.04. The van der Waals surface area contributed by atoms with Crippen LogP contribution in [0.5, 0.6) is 0 Å². The summed E-state index contributed by atoms with van der Waals surface area (Å²) >= 11 is 0. The van der Waals surface area contributed by atoms with Gasteiger partial charge in [-0.05, 0) is 31.5 Å². The molecule has 0 bridgehead atoms. The second kappa shape index (κ2) is 9.49. The first-order valence-corrected chi connectivity index (χ1v) is 8.55. The van der Waals surface area contributed by atoms with Crippen LogP contribution in [0.3, 0.4) is 0 Å². The van der Waals surface area contributed by atoms with Crippen LogP contribution in [0.15, 0.2) is 22.7 Å². The van der Waals surface area contributed by atoms with Gasteiger partial charge in [0.2, 0.25) is 0 Å². The number of nitrogens with one attached hydrogen (secondary N) is 1. The fourth-order valence-electron chi connectivity index (χ4n) is 2.49. The molecule has 154 valence electrons. The number of methoxy groups -OCH3 is 2. The van der Waals surface area contributed by atoms with Crippen LogP contribution in [0.1, 0.15) is 49.5 Å². The van der Waals surface area contributed by atoms with Gasteiger partial charge in [-0.25, -0.2) is 14.4 Å². The average Bonchev–Trinajstić information content (AvgIpc) is 3.11. The third kappa shape index (κ3) is 4.98. The zero-order chi connectivity index (χ0) is 21.6. The van der Waals surface area contributed by atoms with Gasteiger partial charge in [-0.2, -0.15) is 0 Å². The monoisotopic (exact) mass is 404 g/mol. The Bertz CT molecular complexity index is 948. The molecule has 2 rings (SSSR count). The summed E-state index contributed by atoms with van der Waals surface area (Å²) in [4.78, 5) is 48.1. The van der Waals surface area contributed by atoms with Crippen molar-refractivity contribution in [1.29, 1.82) is 0 Å². The summed E-state index contributed by atoms with van der Waals surface area (Å²) in [7, 11) is 2.38. The van der Waals surface area contributed by atoms with Crippen LogP contribution in [0.4, 0.5) is 5.69 Å². The van der Waals surface area contributed by atoms with E-state index < -0.39 is 30.4 Å². The van der Waals surface area contributed by atoms with E-state index in [-0.39, 0.29) is 28.1 Å². The van der Waals surface area contributed by atoms with Crippen LogP contribution in [0, 0.1) is 6.92 Å². The van der Waals surface area contributed by atoms with Crippen LogP contribution in [-0.2, 0) is 25.4 Å². The molecule has 10 nitrogen and oxygen atoms in total. The molecule has 0 saturated carbocycles. The highest BCUT2D eigenvalue weighted by Crippen LogP contribution is 2.20. The topological polar surface area (TPSA) is 134 Å². The second-order valence-corrected chi connectivity index (χ2v) is 5.78. The molecular formula is C19H20N2O8. The van der Waals surface area contributed by atoms with E-state index >= 15 is 0 Å². The number of esters is 3. The van der Waals surface area contributed by atoms with Gasteiger partial charge in [0.25, 0.3) is 5.91 Å². The molecule has 29 heavy (non-hydrogen) atoms. The van der Waals surface area contributed by atoms with Crippen molar-refractivity contribution in [2.24, 2.45) is 0 Å². The Morgan fingerprint density at radius 3 is 2.38 bits per heavy atom. The minimum atomic E-state index is -0.757. The van der Waals surface area contributed by atoms with Gasteiger partial charge in [-0.1, -0.05) is 12.1 Å². The standard InChI is InChI=1S/C19H20N2O8/c1-5-13-16(10(2)29-21-13)19(25)28-9-15(22)20-14-8-11(17(23)26-3)6-7-12(14)18(24)27-4/h6-8H,5,9H2,1-4H3,(H,20,22). The summed E-state index contributed by atoms with van der Waals surface area (Å²) in [6.45, 7) is 2.73. The van der Waals surface area contributed by atoms with Crippen molar-refractivity contribution >= 4 is 29.5 Å². The van der Waals surface area contributed by atoms with Crippen LogP contribution in [0.25, 0.3) is 0 Å². The van der Waals surface area contributed by atoms with Crippen molar-refractivity contribution in [3.63, 3.8) is 0 Å². The van der Waals surface area contributed by atoms with Crippen LogP contribution >= 0.6 is 0 Å². The number of nitrogens with zero attached hydrogens (tertiary/aromatic N) is 1. The van der Waals surface area contributed by atoms with Crippen molar-refractivity contribution in [2.75, 3.05) is 26.1 Å². The number of carbonyl (C=O) groups excluding carboxylic acids is 4. The lowest BCUT2D eigenvalue weighted by molar-refractivity contribution is -0.119. The zero-order valence-electron chi connectivity index (χ0n) is 16.4. The summed E-state index contributed by atoms with van der Waals surface area (Å²) in [5, 5.41) is 6.18. The van der Waals surface area contributed by atoms with Gasteiger partial charge in [-0.3, -0.25) is 4.79 Å². The Morgan fingerprint density at radius 2 is 1.76 bits per heavy atom. The number of aromatic nitrogens is 1. The predicted octanol–water partition coefficient (Wildman–Crippen LogP) is 1.91. The van der Waals surface area contributed by atoms with E-state index in [1.807, 2.05) is 0 Å². The van der Waals surface area contributed by atoms with E-state index in [4.69, 9.17) is 9.26 Å². The molecule has 0 atom stereocenters. The number of aryl methyl sites for hydroxylation is 2. The lowest BCUT2D eigenvalue weighted by Gasteiger charge is -2.11. The normalized spacial score (nSPS) is 10.2. The summed E-state index contributed by atoms with van der Waals surface area (Å²) < 4.78 is 19.3. The number of ether oxygens (including phenoxy) is 3. The Hall–Kier alpha value is -3.69. The third-order valence-corrected chi connectivity index (χ3v) is 3.93.